The normalized spacial score (nSPS) is 12.2. The van der Waals surface area contributed by atoms with Crippen molar-refractivity contribution >= 4 is 44.8 Å². The van der Waals surface area contributed by atoms with E-state index in [-0.39, 0.29) is 18.5 Å². The SMILES string of the molecule is COc1ccc(C(C)NC(=O)c2ccc(CN(c3cc(Cl)cc(Cl)c3)S(C)(=O)=O)cc2)cc1. The van der Waals surface area contributed by atoms with Gasteiger partial charge in [-0.1, -0.05) is 47.5 Å². The lowest BCUT2D eigenvalue weighted by atomic mass is 10.1. The molecule has 6 nitrogen and oxygen atoms in total. The lowest BCUT2D eigenvalue weighted by Gasteiger charge is -2.23. The second kappa shape index (κ2) is 10.5. The number of halogens is 2. The number of rotatable bonds is 8. The number of carbonyl (C=O) groups excluding carboxylic acids is 1. The molecule has 0 heterocycles. The number of hydrogen-bond acceptors (Lipinski definition) is 4. The minimum absolute atomic E-state index is 0.0691. The number of carbonyl (C=O) groups is 1. The average molecular weight is 507 g/mol. The van der Waals surface area contributed by atoms with Gasteiger partial charge in [0.25, 0.3) is 5.91 Å². The topological polar surface area (TPSA) is 75.7 Å². The first-order valence-corrected chi connectivity index (χ1v) is 12.6. The summed E-state index contributed by atoms with van der Waals surface area (Å²) in [7, 11) is -2.00. The number of anilines is 1. The monoisotopic (exact) mass is 506 g/mol. The van der Waals surface area contributed by atoms with E-state index in [0.29, 0.717) is 26.9 Å². The van der Waals surface area contributed by atoms with Gasteiger partial charge >= 0.3 is 0 Å². The van der Waals surface area contributed by atoms with Crippen LogP contribution >= 0.6 is 23.2 Å². The van der Waals surface area contributed by atoms with E-state index in [9.17, 15) is 13.2 Å². The van der Waals surface area contributed by atoms with Gasteiger partial charge in [-0.2, -0.15) is 0 Å². The Kier molecular flexibility index (Phi) is 7.89. The highest BCUT2D eigenvalue weighted by Gasteiger charge is 2.19. The van der Waals surface area contributed by atoms with E-state index in [0.717, 1.165) is 17.6 Å². The van der Waals surface area contributed by atoms with Crippen molar-refractivity contribution in [2.45, 2.75) is 19.5 Å². The number of hydrogen-bond donors (Lipinski definition) is 1. The average Bonchev–Trinajstić information content (AvgIpc) is 2.76. The molecule has 0 bridgehead atoms. The highest BCUT2D eigenvalue weighted by atomic mass is 35.5. The third-order valence-electron chi connectivity index (χ3n) is 5.04. The molecule has 3 rings (SSSR count). The zero-order valence-corrected chi connectivity index (χ0v) is 20.7. The third-order valence-corrected chi connectivity index (χ3v) is 6.62. The zero-order valence-electron chi connectivity index (χ0n) is 18.4. The second-order valence-corrected chi connectivity index (χ2v) is 10.3. The van der Waals surface area contributed by atoms with E-state index in [1.54, 1.807) is 31.4 Å². The summed E-state index contributed by atoms with van der Waals surface area (Å²) in [5.41, 5.74) is 2.49. The summed E-state index contributed by atoms with van der Waals surface area (Å²) >= 11 is 12.1. The Morgan fingerprint density at radius 1 is 1.00 bits per heavy atom. The molecule has 0 saturated carbocycles. The molecule has 1 atom stereocenters. The smallest absolute Gasteiger partial charge is 0.251 e. The van der Waals surface area contributed by atoms with Crippen LogP contribution in [0, 0.1) is 0 Å². The lowest BCUT2D eigenvalue weighted by molar-refractivity contribution is 0.0940. The fourth-order valence-electron chi connectivity index (χ4n) is 3.27. The fourth-order valence-corrected chi connectivity index (χ4v) is 4.65. The van der Waals surface area contributed by atoms with Crippen LogP contribution in [0.2, 0.25) is 10.0 Å². The first-order chi connectivity index (χ1) is 15.6. The number of benzene rings is 3. The molecule has 1 amide bonds. The van der Waals surface area contributed by atoms with Crippen LogP contribution in [0.5, 0.6) is 5.75 Å². The zero-order chi connectivity index (χ0) is 24.2. The fraction of sp³-hybridized carbons (Fsp3) is 0.208. The Morgan fingerprint density at radius 3 is 2.09 bits per heavy atom. The molecule has 3 aromatic rings. The largest absolute Gasteiger partial charge is 0.497 e. The number of amides is 1. The summed E-state index contributed by atoms with van der Waals surface area (Å²) in [6, 6.07) is 18.7. The molecule has 0 radical (unpaired) electrons. The van der Waals surface area contributed by atoms with Crippen LogP contribution in [0.3, 0.4) is 0 Å². The number of sulfonamides is 1. The van der Waals surface area contributed by atoms with Gasteiger partial charge in [0, 0.05) is 15.6 Å². The lowest BCUT2D eigenvalue weighted by Crippen LogP contribution is -2.29. The van der Waals surface area contributed by atoms with Gasteiger partial charge < -0.3 is 10.1 Å². The summed E-state index contributed by atoms with van der Waals surface area (Å²) in [6.07, 6.45) is 1.12. The van der Waals surface area contributed by atoms with Crippen LogP contribution in [-0.2, 0) is 16.6 Å². The van der Waals surface area contributed by atoms with E-state index in [1.165, 1.54) is 22.5 Å². The van der Waals surface area contributed by atoms with Gasteiger partial charge in [-0.15, -0.1) is 0 Å². The van der Waals surface area contributed by atoms with Gasteiger partial charge in [-0.3, -0.25) is 9.10 Å². The van der Waals surface area contributed by atoms with Gasteiger partial charge in [0.05, 0.1) is 31.6 Å². The number of ether oxygens (including phenoxy) is 1. The van der Waals surface area contributed by atoms with Crippen molar-refractivity contribution in [3.8, 4) is 5.75 Å². The van der Waals surface area contributed by atoms with Crippen molar-refractivity contribution in [3.05, 3.63) is 93.5 Å². The van der Waals surface area contributed by atoms with Crippen molar-refractivity contribution in [3.63, 3.8) is 0 Å². The van der Waals surface area contributed by atoms with Gasteiger partial charge in [-0.05, 0) is 60.5 Å². The Balaban J connectivity index is 1.73. The summed E-state index contributed by atoms with van der Waals surface area (Å²) in [5, 5.41) is 3.63. The van der Waals surface area contributed by atoms with E-state index in [4.69, 9.17) is 27.9 Å². The minimum Gasteiger partial charge on any atom is -0.497 e. The van der Waals surface area contributed by atoms with Crippen molar-refractivity contribution < 1.29 is 17.9 Å². The molecular weight excluding hydrogens is 483 g/mol. The van der Waals surface area contributed by atoms with Crippen LogP contribution in [0.1, 0.15) is 34.5 Å². The maximum absolute atomic E-state index is 12.7. The molecule has 0 aliphatic rings. The number of nitrogens with one attached hydrogen (secondary N) is 1. The van der Waals surface area contributed by atoms with Crippen molar-refractivity contribution in [1.82, 2.24) is 5.32 Å². The Morgan fingerprint density at radius 2 is 1.58 bits per heavy atom. The third kappa shape index (κ3) is 6.63. The summed E-state index contributed by atoms with van der Waals surface area (Å²) in [4.78, 5) is 12.7. The molecule has 0 aromatic heterocycles. The minimum atomic E-state index is -3.60. The first-order valence-electron chi connectivity index (χ1n) is 10.0. The molecule has 174 valence electrons. The van der Waals surface area contributed by atoms with Crippen LogP contribution in [0.25, 0.3) is 0 Å². The molecule has 9 heteroatoms. The molecule has 0 aliphatic carbocycles. The van der Waals surface area contributed by atoms with Gasteiger partial charge in [0.2, 0.25) is 10.0 Å². The van der Waals surface area contributed by atoms with Crippen molar-refractivity contribution in [2.75, 3.05) is 17.7 Å². The van der Waals surface area contributed by atoms with Crippen LogP contribution in [0.4, 0.5) is 5.69 Å². The van der Waals surface area contributed by atoms with E-state index in [2.05, 4.69) is 5.32 Å². The summed E-state index contributed by atoms with van der Waals surface area (Å²) in [5.74, 6) is 0.516. The molecule has 0 aliphatic heterocycles. The first kappa shape index (κ1) is 24.9. The van der Waals surface area contributed by atoms with Crippen molar-refractivity contribution in [2.24, 2.45) is 0 Å². The van der Waals surface area contributed by atoms with Gasteiger partial charge in [0.1, 0.15) is 5.75 Å². The number of methoxy groups -OCH3 is 1. The maximum Gasteiger partial charge on any atom is 0.251 e. The van der Waals surface area contributed by atoms with E-state index in [1.807, 2.05) is 31.2 Å². The summed E-state index contributed by atoms with van der Waals surface area (Å²) < 4.78 is 31.2. The maximum atomic E-state index is 12.7. The quantitative estimate of drug-likeness (QED) is 0.440. The van der Waals surface area contributed by atoms with Gasteiger partial charge in [0.15, 0.2) is 0 Å². The van der Waals surface area contributed by atoms with Crippen molar-refractivity contribution in [1.29, 1.82) is 0 Å². The Bertz CT molecular complexity index is 1210. The van der Waals surface area contributed by atoms with Crippen LogP contribution < -0.4 is 14.4 Å². The highest BCUT2D eigenvalue weighted by Crippen LogP contribution is 2.28. The van der Waals surface area contributed by atoms with Gasteiger partial charge in [-0.25, -0.2) is 8.42 Å². The van der Waals surface area contributed by atoms with E-state index < -0.39 is 10.0 Å². The molecule has 1 unspecified atom stereocenters. The molecule has 3 aromatic carbocycles. The molecule has 1 N–H and O–H groups in total. The molecule has 0 saturated heterocycles. The van der Waals surface area contributed by atoms with Crippen LogP contribution in [0.15, 0.2) is 66.7 Å². The second-order valence-electron chi connectivity index (χ2n) is 7.56. The molecule has 0 spiro atoms. The van der Waals surface area contributed by atoms with Crippen LogP contribution in [-0.4, -0.2) is 27.7 Å². The molecule has 33 heavy (non-hydrogen) atoms. The summed E-state index contributed by atoms with van der Waals surface area (Å²) in [6.45, 7) is 1.97. The highest BCUT2D eigenvalue weighted by molar-refractivity contribution is 7.92. The van der Waals surface area contributed by atoms with E-state index >= 15 is 0 Å². The standard InChI is InChI=1S/C24H24Cl2N2O4S/c1-16(18-8-10-23(32-2)11-9-18)27-24(29)19-6-4-17(5-7-19)15-28(33(3,30)31)22-13-20(25)12-21(26)14-22/h4-14,16H,15H2,1-3H3,(H,27,29). The predicted octanol–water partition coefficient (Wildman–Crippen LogP) is 5.46. The Labute approximate surface area is 204 Å². The Hall–Kier alpha value is -2.74. The number of nitrogens with zero attached hydrogens (tertiary/aromatic N) is 1. The molecular formula is C24H24Cl2N2O4S. The molecule has 0 fully saturated rings. The predicted molar refractivity (Wildman–Crippen MR) is 133 cm³/mol.